The van der Waals surface area contributed by atoms with Crippen molar-refractivity contribution in [3.05, 3.63) is 36.0 Å². The summed E-state index contributed by atoms with van der Waals surface area (Å²) in [4.78, 5) is 23.4. The Morgan fingerprint density at radius 3 is 2.12 bits per heavy atom. The summed E-state index contributed by atoms with van der Waals surface area (Å²) in [6.07, 6.45) is -7.56. The molecule has 0 bridgehead atoms. The summed E-state index contributed by atoms with van der Waals surface area (Å²) in [7, 11) is 0. The van der Waals surface area contributed by atoms with E-state index in [4.69, 9.17) is 9.47 Å². The van der Waals surface area contributed by atoms with Crippen LogP contribution in [-0.4, -0.2) is 30.3 Å². The maximum Gasteiger partial charge on any atom is 0.461 e. The van der Waals surface area contributed by atoms with E-state index in [-0.39, 0.29) is 5.69 Å². The molecule has 1 heterocycles. The second kappa shape index (κ2) is 6.61. The van der Waals surface area contributed by atoms with Crippen LogP contribution >= 0.6 is 0 Å². The van der Waals surface area contributed by atoms with Gasteiger partial charge in [-0.1, -0.05) is 0 Å². The molecular formula is C15H13F4NO5. The first-order chi connectivity index (χ1) is 11.5. The smallest absolute Gasteiger partial charge is 0.428 e. The molecule has 25 heavy (non-hydrogen) atoms. The second-order valence-electron chi connectivity index (χ2n) is 5.37. The van der Waals surface area contributed by atoms with E-state index in [1.165, 1.54) is 26.0 Å². The first kappa shape index (κ1) is 18.6. The number of hydrogen-bond acceptors (Lipinski definition) is 6. The third-order valence-corrected chi connectivity index (χ3v) is 2.86. The van der Waals surface area contributed by atoms with Crippen molar-refractivity contribution in [2.24, 2.45) is 0 Å². The summed E-state index contributed by atoms with van der Waals surface area (Å²) in [5, 5.41) is 2.56. The molecule has 0 aromatic heterocycles. The third-order valence-electron chi connectivity index (χ3n) is 2.86. The fourth-order valence-electron chi connectivity index (χ4n) is 1.75. The fourth-order valence-corrected chi connectivity index (χ4v) is 1.75. The molecular weight excluding hydrogens is 350 g/mol. The Morgan fingerprint density at radius 1 is 1.12 bits per heavy atom. The Bertz CT molecular complexity index is 678. The fraction of sp³-hybridized carbons (Fsp3) is 0.333. The molecule has 1 saturated heterocycles. The quantitative estimate of drug-likeness (QED) is 0.375. The van der Waals surface area contributed by atoms with Crippen LogP contribution in [0.15, 0.2) is 36.0 Å². The van der Waals surface area contributed by atoms with Gasteiger partial charge >= 0.3 is 24.5 Å². The average molecular weight is 363 g/mol. The predicted molar refractivity (Wildman–Crippen MR) is 76.0 cm³/mol. The highest BCUT2D eigenvalue weighted by Gasteiger charge is 2.44. The van der Waals surface area contributed by atoms with E-state index in [1.807, 2.05) is 0 Å². The number of cyclic esters (lactones) is 2. The van der Waals surface area contributed by atoms with Gasteiger partial charge in [0.2, 0.25) is 0 Å². The van der Waals surface area contributed by atoms with E-state index in [1.54, 1.807) is 0 Å². The Labute approximate surface area is 139 Å². The molecule has 1 aromatic carbocycles. The standard InChI is InChI=1S/C15H13F4NO5/c1-14(2)24-11(21)10(12(22)25-14)7-20-8-3-5-9(6-4-8)23-15(18,19)13(16)17/h3-7,13,20H,1-2H3. The molecule has 1 aromatic rings. The van der Waals surface area contributed by atoms with E-state index in [2.05, 4.69) is 10.1 Å². The van der Waals surface area contributed by atoms with Gasteiger partial charge in [0.05, 0.1) is 0 Å². The molecule has 0 aliphatic carbocycles. The topological polar surface area (TPSA) is 73.9 Å². The Balaban J connectivity index is 2.04. The minimum atomic E-state index is -4.61. The molecule has 136 valence electrons. The molecule has 1 aliphatic heterocycles. The van der Waals surface area contributed by atoms with Crippen molar-refractivity contribution in [1.82, 2.24) is 0 Å². The Kier molecular flexibility index (Phi) is 4.91. The Hall–Kier alpha value is -2.78. The summed E-state index contributed by atoms with van der Waals surface area (Å²) in [6.45, 7) is 2.78. The number of ether oxygens (including phenoxy) is 3. The van der Waals surface area contributed by atoms with E-state index < -0.39 is 41.6 Å². The van der Waals surface area contributed by atoms with E-state index in [0.717, 1.165) is 18.3 Å². The average Bonchev–Trinajstić information content (AvgIpc) is 2.46. The van der Waals surface area contributed by atoms with Crippen LogP contribution in [0, 0.1) is 0 Å². The zero-order valence-electron chi connectivity index (χ0n) is 13.0. The zero-order chi connectivity index (χ0) is 18.8. The van der Waals surface area contributed by atoms with Crippen LogP contribution in [0.25, 0.3) is 0 Å². The summed E-state index contributed by atoms with van der Waals surface area (Å²) in [5.74, 6) is -3.65. The van der Waals surface area contributed by atoms with Crippen molar-refractivity contribution in [1.29, 1.82) is 0 Å². The molecule has 0 saturated carbocycles. The van der Waals surface area contributed by atoms with Crippen molar-refractivity contribution in [2.75, 3.05) is 5.32 Å². The Morgan fingerprint density at radius 2 is 1.64 bits per heavy atom. The molecule has 2 rings (SSSR count). The van der Waals surface area contributed by atoms with Gasteiger partial charge in [-0.3, -0.25) is 0 Å². The van der Waals surface area contributed by atoms with E-state index in [9.17, 15) is 27.2 Å². The van der Waals surface area contributed by atoms with Crippen molar-refractivity contribution >= 4 is 17.6 Å². The minimum Gasteiger partial charge on any atom is -0.428 e. The van der Waals surface area contributed by atoms with Gasteiger partial charge in [0.15, 0.2) is 5.57 Å². The molecule has 6 nitrogen and oxygen atoms in total. The van der Waals surface area contributed by atoms with Crippen LogP contribution in [0.4, 0.5) is 23.2 Å². The summed E-state index contributed by atoms with van der Waals surface area (Å²) >= 11 is 0. The molecule has 0 spiro atoms. The van der Waals surface area contributed by atoms with Crippen LogP contribution in [0.3, 0.4) is 0 Å². The number of carbonyl (C=O) groups is 2. The monoisotopic (exact) mass is 363 g/mol. The van der Waals surface area contributed by atoms with Gasteiger partial charge in [-0.25, -0.2) is 9.59 Å². The number of carbonyl (C=O) groups excluding carboxylic acids is 2. The number of esters is 2. The molecule has 10 heteroatoms. The van der Waals surface area contributed by atoms with Crippen LogP contribution < -0.4 is 10.1 Å². The maximum absolute atomic E-state index is 12.8. The maximum atomic E-state index is 12.8. The van der Waals surface area contributed by atoms with Crippen molar-refractivity contribution in [3.8, 4) is 5.75 Å². The van der Waals surface area contributed by atoms with Crippen LogP contribution in [0.2, 0.25) is 0 Å². The lowest BCUT2D eigenvalue weighted by Gasteiger charge is -2.29. The molecule has 0 radical (unpaired) electrons. The lowest BCUT2D eigenvalue weighted by Crippen LogP contribution is -2.42. The molecule has 1 N–H and O–H groups in total. The predicted octanol–water partition coefficient (Wildman–Crippen LogP) is 3.06. The lowest BCUT2D eigenvalue weighted by molar-refractivity contribution is -0.253. The van der Waals surface area contributed by atoms with Crippen molar-refractivity contribution in [2.45, 2.75) is 32.2 Å². The number of hydrogen-bond donors (Lipinski definition) is 1. The van der Waals surface area contributed by atoms with Crippen LogP contribution in [0.5, 0.6) is 5.75 Å². The first-order valence-electron chi connectivity index (χ1n) is 6.88. The van der Waals surface area contributed by atoms with Gasteiger partial charge < -0.3 is 19.5 Å². The number of nitrogens with one attached hydrogen (secondary N) is 1. The highest BCUT2D eigenvalue weighted by Crippen LogP contribution is 2.28. The van der Waals surface area contributed by atoms with Gasteiger partial charge in [0.25, 0.3) is 5.79 Å². The normalized spacial score (nSPS) is 17.0. The van der Waals surface area contributed by atoms with Gasteiger partial charge in [0, 0.05) is 25.7 Å². The first-order valence-corrected chi connectivity index (χ1v) is 6.88. The highest BCUT2D eigenvalue weighted by atomic mass is 19.3. The summed E-state index contributed by atoms with van der Waals surface area (Å²) in [5.41, 5.74) is -0.130. The van der Waals surface area contributed by atoms with Crippen LogP contribution in [-0.2, 0) is 19.1 Å². The van der Waals surface area contributed by atoms with Gasteiger partial charge in [-0.2, -0.15) is 17.6 Å². The van der Waals surface area contributed by atoms with Crippen molar-refractivity contribution < 1.29 is 41.4 Å². The van der Waals surface area contributed by atoms with Gasteiger partial charge in [0.1, 0.15) is 5.75 Å². The molecule has 1 fully saturated rings. The zero-order valence-corrected chi connectivity index (χ0v) is 13.0. The number of anilines is 1. The second-order valence-corrected chi connectivity index (χ2v) is 5.37. The molecule has 0 unspecified atom stereocenters. The number of alkyl halides is 4. The molecule has 0 atom stereocenters. The number of halogens is 4. The van der Waals surface area contributed by atoms with E-state index >= 15 is 0 Å². The number of rotatable bonds is 5. The largest absolute Gasteiger partial charge is 0.461 e. The van der Waals surface area contributed by atoms with Crippen LogP contribution in [0.1, 0.15) is 13.8 Å². The molecule has 0 amide bonds. The van der Waals surface area contributed by atoms with Crippen molar-refractivity contribution in [3.63, 3.8) is 0 Å². The lowest BCUT2D eigenvalue weighted by atomic mass is 10.2. The van der Waals surface area contributed by atoms with Gasteiger partial charge in [-0.05, 0) is 24.3 Å². The summed E-state index contributed by atoms with van der Waals surface area (Å²) in [6, 6.07) is 4.46. The van der Waals surface area contributed by atoms with Gasteiger partial charge in [-0.15, -0.1) is 0 Å². The minimum absolute atomic E-state index is 0.269. The summed E-state index contributed by atoms with van der Waals surface area (Å²) < 4.78 is 63.3. The number of benzene rings is 1. The van der Waals surface area contributed by atoms with E-state index in [0.29, 0.717) is 0 Å². The molecule has 1 aliphatic rings. The SMILES string of the molecule is CC1(C)OC(=O)C(=CNc2ccc(OC(F)(F)C(F)F)cc2)C(=O)O1. The third kappa shape index (κ3) is 4.61. The highest BCUT2D eigenvalue weighted by molar-refractivity contribution is 6.15.